The number of nitrogens with zero attached hydrogens (tertiary/aromatic N) is 2. The number of hydrogen-bond acceptors (Lipinski definition) is 5. The van der Waals surface area contributed by atoms with Gasteiger partial charge in [0.25, 0.3) is 11.5 Å². The molecule has 1 saturated heterocycles. The van der Waals surface area contributed by atoms with E-state index < -0.39 is 12.3 Å². The van der Waals surface area contributed by atoms with Crippen LogP contribution in [0.4, 0.5) is 19.1 Å². The van der Waals surface area contributed by atoms with Crippen LogP contribution in [-0.2, 0) is 11.3 Å². The molecule has 2 heterocycles. The Bertz CT molecular complexity index is 1810. The molecule has 0 radical (unpaired) electrons. The summed E-state index contributed by atoms with van der Waals surface area (Å²) in [5.41, 5.74) is 2.67. The molecule has 43 heavy (non-hydrogen) atoms. The molecule has 7 nitrogen and oxygen atoms in total. The van der Waals surface area contributed by atoms with E-state index in [0.717, 1.165) is 18.4 Å². The maximum Gasteiger partial charge on any atom is 0.573 e. The number of amides is 1. The normalized spacial score (nSPS) is 16.7. The van der Waals surface area contributed by atoms with Gasteiger partial charge in [0, 0.05) is 5.56 Å². The fourth-order valence-corrected chi connectivity index (χ4v) is 5.23. The Morgan fingerprint density at radius 2 is 1.58 bits per heavy atom. The molecule has 0 saturated carbocycles. The van der Waals surface area contributed by atoms with Crippen LogP contribution in [0.2, 0.25) is 0 Å². The number of nitrogens with one attached hydrogen (secondary N) is 1. The van der Waals surface area contributed by atoms with E-state index in [9.17, 15) is 22.8 Å². The summed E-state index contributed by atoms with van der Waals surface area (Å²) >= 11 is 0. The first-order chi connectivity index (χ1) is 20.7. The number of alkyl halides is 3. The first kappa shape index (κ1) is 28.2. The standard InChI is InChI=1S/C33H26F3N3O4/c34-33(35,36)43-25-14-11-21(12-15-25)24-13-17-27-28(19-24)37-32(38-30(40)23-9-5-2-6-10-23)39(31(27)41)20-26-16-18-29(42-26)22-7-3-1-4-8-22/h1-15,17,19,26,29H,16,18,20H2,(H,37,38,40)/t26-,29?/m1/s1. The summed E-state index contributed by atoms with van der Waals surface area (Å²) in [7, 11) is 0. The summed E-state index contributed by atoms with van der Waals surface area (Å²) in [5, 5.41) is 3.13. The van der Waals surface area contributed by atoms with Crippen LogP contribution in [0.5, 0.6) is 5.75 Å². The Morgan fingerprint density at radius 1 is 0.907 bits per heavy atom. The highest BCUT2D eigenvalue weighted by atomic mass is 19.4. The van der Waals surface area contributed by atoms with Crippen LogP contribution in [-0.4, -0.2) is 27.9 Å². The number of halogens is 3. The van der Waals surface area contributed by atoms with Crippen molar-refractivity contribution < 1.29 is 27.4 Å². The topological polar surface area (TPSA) is 82.5 Å². The first-order valence-corrected chi connectivity index (χ1v) is 13.7. The van der Waals surface area contributed by atoms with Crippen LogP contribution in [0.1, 0.15) is 34.9 Å². The van der Waals surface area contributed by atoms with Crippen molar-refractivity contribution in [2.75, 3.05) is 5.32 Å². The number of hydrogen-bond donors (Lipinski definition) is 1. The zero-order chi connectivity index (χ0) is 30.0. The lowest BCUT2D eigenvalue weighted by molar-refractivity contribution is -0.274. The Balaban J connectivity index is 1.34. The van der Waals surface area contributed by atoms with E-state index in [1.54, 1.807) is 48.5 Å². The minimum absolute atomic E-state index is 0.0733. The zero-order valence-electron chi connectivity index (χ0n) is 22.8. The lowest BCUT2D eigenvalue weighted by Gasteiger charge is -2.19. The summed E-state index contributed by atoms with van der Waals surface area (Å²) < 4.78 is 49.4. The molecule has 1 N–H and O–H groups in total. The highest BCUT2D eigenvalue weighted by Crippen LogP contribution is 2.34. The van der Waals surface area contributed by atoms with E-state index in [4.69, 9.17) is 4.74 Å². The minimum Gasteiger partial charge on any atom is -0.406 e. The van der Waals surface area contributed by atoms with E-state index in [-0.39, 0.29) is 36.0 Å². The number of carbonyl (C=O) groups is 1. The molecular weight excluding hydrogens is 559 g/mol. The number of benzene rings is 4. The highest BCUT2D eigenvalue weighted by Gasteiger charge is 2.31. The third kappa shape index (κ3) is 6.44. The fourth-order valence-electron chi connectivity index (χ4n) is 5.23. The maximum atomic E-state index is 13.8. The molecule has 1 aliphatic rings. The van der Waals surface area contributed by atoms with Crippen molar-refractivity contribution in [3.8, 4) is 16.9 Å². The molecule has 6 rings (SSSR count). The number of rotatable bonds is 7. The zero-order valence-corrected chi connectivity index (χ0v) is 22.8. The molecule has 4 aromatic carbocycles. The van der Waals surface area contributed by atoms with Crippen molar-refractivity contribution in [3.05, 3.63) is 125 Å². The Labute approximate surface area is 244 Å². The molecule has 0 aliphatic carbocycles. The lowest BCUT2D eigenvalue weighted by atomic mass is 10.0. The summed E-state index contributed by atoms with van der Waals surface area (Å²) in [6.07, 6.45) is -3.63. The van der Waals surface area contributed by atoms with Gasteiger partial charge in [-0.15, -0.1) is 13.2 Å². The van der Waals surface area contributed by atoms with Crippen molar-refractivity contribution in [2.45, 2.75) is 38.0 Å². The molecule has 1 unspecified atom stereocenters. The molecule has 1 fully saturated rings. The molecule has 1 amide bonds. The van der Waals surface area contributed by atoms with Gasteiger partial charge in [0.2, 0.25) is 5.95 Å². The maximum absolute atomic E-state index is 13.8. The monoisotopic (exact) mass is 585 g/mol. The summed E-state index contributed by atoms with van der Waals surface area (Å²) in [6.45, 7) is 0.192. The van der Waals surface area contributed by atoms with Gasteiger partial charge in [-0.1, -0.05) is 66.7 Å². The van der Waals surface area contributed by atoms with Gasteiger partial charge in [-0.05, 0) is 65.9 Å². The molecular formula is C33H26F3N3O4. The van der Waals surface area contributed by atoms with Gasteiger partial charge in [-0.2, -0.15) is 0 Å². The second kappa shape index (κ2) is 11.7. The minimum atomic E-state index is -4.79. The van der Waals surface area contributed by atoms with Crippen LogP contribution in [0.15, 0.2) is 108 Å². The van der Waals surface area contributed by atoms with E-state index in [1.807, 2.05) is 30.3 Å². The van der Waals surface area contributed by atoms with Crippen molar-refractivity contribution in [1.82, 2.24) is 9.55 Å². The second-order valence-electron chi connectivity index (χ2n) is 10.2. The Morgan fingerprint density at radius 3 is 2.28 bits per heavy atom. The van der Waals surface area contributed by atoms with Crippen LogP contribution in [0, 0.1) is 0 Å². The quantitative estimate of drug-likeness (QED) is 0.220. The van der Waals surface area contributed by atoms with Crippen molar-refractivity contribution in [3.63, 3.8) is 0 Å². The Kier molecular flexibility index (Phi) is 7.69. The summed E-state index contributed by atoms with van der Waals surface area (Å²) in [5.74, 6) is -0.691. The first-order valence-electron chi connectivity index (χ1n) is 13.7. The summed E-state index contributed by atoms with van der Waals surface area (Å²) in [4.78, 5) is 31.6. The third-order valence-electron chi connectivity index (χ3n) is 7.30. The van der Waals surface area contributed by atoms with Crippen LogP contribution in [0.25, 0.3) is 22.0 Å². The molecule has 0 spiro atoms. The number of aromatic nitrogens is 2. The van der Waals surface area contributed by atoms with Gasteiger partial charge in [0.05, 0.1) is 29.7 Å². The average Bonchev–Trinajstić information content (AvgIpc) is 3.48. The molecule has 10 heteroatoms. The van der Waals surface area contributed by atoms with Crippen LogP contribution in [0.3, 0.4) is 0 Å². The number of fused-ring (bicyclic) bond motifs is 1. The van der Waals surface area contributed by atoms with E-state index in [2.05, 4.69) is 15.0 Å². The van der Waals surface area contributed by atoms with Gasteiger partial charge in [-0.3, -0.25) is 19.5 Å². The lowest BCUT2D eigenvalue weighted by Crippen LogP contribution is -2.31. The Hall–Kier alpha value is -4.96. The van der Waals surface area contributed by atoms with Gasteiger partial charge in [0.1, 0.15) is 5.75 Å². The van der Waals surface area contributed by atoms with Crippen molar-refractivity contribution >= 4 is 22.8 Å². The van der Waals surface area contributed by atoms with Crippen LogP contribution < -0.4 is 15.6 Å². The molecule has 5 aromatic rings. The molecule has 1 aromatic heterocycles. The smallest absolute Gasteiger partial charge is 0.406 e. The van der Waals surface area contributed by atoms with E-state index in [1.165, 1.54) is 28.8 Å². The summed E-state index contributed by atoms with van der Waals surface area (Å²) in [6, 6.07) is 28.9. The number of anilines is 1. The van der Waals surface area contributed by atoms with E-state index in [0.29, 0.717) is 27.6 Å². The molecule has 2 atom stereocenters. The van der Waals surface area contributed by atoms with Crippen LogP contribution >= 0.6 is 0 Å². The fraction of sp³-hybridized carbons (Fsp3) is 0.182. The van der Waals surface area contributed by atoms with Crippen molar-refractivity contribution in [1.29, 1.82) is 0 Å². The van der Waals surface area contributed by atoms with Gasteiger partial charge in [0.15, 0.2) is 0 Å². The molecule has 1 aliphatic heterocycles. The van der Waals surface area contributed by atoms with Gasteiger partial charge >= 0.3 is 6.36 Å². The average molecular weight is 586 g/mol. The molecule has 0 bridgehead atoms. The number of carbonyl (C=O) groups excluding carboxylic acids is 1. The van der Waals surface area contributed by atoms with Crippen molar-refractivity contribution in [2.24, 2.45) is 0 Å². The highest BCUT2D eigenvalue weighted by molar-refractivity contribution is 6.03. The molecule has 218 valence electrons. The number of ether oxygens (including phenoxy) is 2. The van der Waals surface area contributed by atoms with Gasteiger partial charge in [-0.25, -0.2) is 4.98 Å². The largest absolute Gasteiger partial charge is 0.573 e. The van der Waals surface area contributed by atoms with E-state index >= 15 is 0 Å². The predicted octanol–water partition coefficient (Wildman–Crippen LogP) is 7.13. The SMILES string of the molecule is O=C(Nc1nc2cc(-c3ccc(OC(F)(F)F)cc3)ccc2c(=O)n1C[C@H]1CCC(c2ccccc2)O1)c1ccccc1. The van der Waals surface area contributed by atoms with Gasteiger partial charge < -0.3 is 9.47 Å². The second-order valence-corrected chi connectivity index (χ2v) is 10.2. The predicted molar refractivity (Wildman–Crippen MR) is 156 cm³/mol. The third-order valence-corrected chi connectivity index (χ3v) is 7.30.